The standard InChI is InChI=1S/C23H15Cl2NO3/c24-22-14-7-1-2-8-15(14)23(25,17-10-4-3-9-16(17)22)19-18(22)20(27)26(21(19)28)12-13-6-5-11-29-13/h1-11,18-19H,12H2/t18-,19-,22?,23?/m0/s1. The van der Waals surface area contributed by atoms with Gasteiger partial charge in [-0.05, 0) is 34.4 Å². The fraction of sp³-hybridized carbons (Fsp3) is 0.217. The van der Waals surface area contributed by atoms with E-state index in [-0.39, 0.29) is 18.4 Å². The Hall–Kier alpha value is -2.56. The smallest absolute Gasteiger partial charge is 0.236 e. The molecule has 2 heterocycles. The Balaban J connectivity index is 1.62. The molecule has 3 aliphatic carbocycles. The van der Waals surface area contributed by atoms with E-state index in [0.717, 1.165) is 22.3 Å². The lowest BCUT2D eigenvalue weighted by molar-refractivity contribution is -0.141. The second-order valence-electron chi connectivity index (χ2n) is 7.81. The third-order valence-electron chi connectivity index (χ3n) is 6.57. The molecule has 29 heavy (non-hydrogen) atoms. The van der Waals surface area contributed by atoms with Crippen LogP contribution in [0.2, 0.25) is 0 Å². The summed E-state index contributed by atoms with van der Waals surface area (Å²) in [5, 5.41) is 0. The van der Waals surface area contributed by atoms with Crippen LogP contribution < -0.4 is 0 Å². The zero-order chi connectivity index (χ0) is 20.0. The van der Waals surface area contributed by atoms with Crippen molar-refractivity contribution in [2.24, 2.45) is 11.8 Å². The SMILES string of the molecule is O=C1[C@@H]2[C@@H](C(=O)N1Cc1ccco1)C1(Cl)c3ccccc3C2(Cl)c2ccccc21. The molecule has 6 heteroatoms. The van der Waals surface area contributed by atoms with Gasteiger partial charge in [-0.25, -0.2) is 0 Å². The number of halogens is 2. The zero-order valence-electron chi connectivity index (χ0n) is 15.1. The minimum absolute atomic E-state index is 0.0737. The summed E-state index contributed by atoms with van der Waals surface area (Å²) in [6.07, 6.45) is 1.52. The largest absolute Gasteiger partial charge is 0.467 e. The van der Waals surface area contributed by atoms with Gasteiger partial charge in [0.2, 0.25) is 11.8 Å². The molecule has 0 unspecified atom stereocenters. The second kappa shape index (κ2) is 5.53. The van der Waals surface area contributed by atoms with Crippen molar-refractivity contribution in [3.63, 3.8) is 0 Å². The number of carbonyl (C=O) groups excluding carboxylic acids is 2. The van der Waals surface area contributed by atoms with E-state index >= 15 is 0 Å². The molecule has 0 N–H and O–H groups in total. The van der Waals surface area contributed by atoms with Crippen molar-refractivity contribution in [1.82, 2.24) is 4.90 Å². The van der Waals surface area contributed by atoms with Gasteiger partial charge >= 0.3 is 0 Å². The van der Waals surface area contributed by atoms with Crippen LogP contribution in [0.25, 0.3) is 0 Å². The van der Waals surface area contributed by atoms with Crippen molar-refractivity contribution in [2.45, 2.75) is 16.3 Å². The number of rotatable bonds is 2. The van der Waals surface area contributed by atoms with E-state index in [1.54, 1.807) is 12.1 Å². The molecule has 0 spiro atoms. The molecule has 0 saturated carbocycles. The lowest BCUT2D eigenvalue weighted by Gasteiger charge is -2.54. The van der Waals surface area contributed by atoms with Gasteiger partial charge in [-0.15, -0.1) is 23.2 Å². The number of hydrogen-bond acceptors (Lipinski definition) is 3. The number of furan rings is 1. The van der Waals surface area contributed by atoms with Crippen LogP contribution in [-0.2, 0) is 25.9 Å². The van der Waals surface area contributed by atoms with Crippen molar-refractivity contribution in [1.29, 1.82) is 0 Å². The number of nitrogens with zero attached hydrogens (tertiary/aromatic N) is 1. The number of likely N-dealkylation sites (tertiary alicyclic amines) is 1. The zero-order valence-corrected chi connectivity index (χ0v) is 16.7. The van der Waals surface area contributed by atoms with Crippen molar-refractivity contribution in [3.05, 3.63) is 94.9 Å². The third-order valence-corrected chi connectivity index (χ3v) is 7.86. The second-order valence-corrected chi connectivity index (χ2v) is 9.00. The molecule has 7 rings (SSSR count). The van der Waals surface area contributed by atoms with E-state index in [4.69, 9.17) is 27.6 Å². The van der Waals surface area contributed by atoms with Crippen LogP contribution in [0.1, 0.15) is 28.0 Å². The van der Waals surface area contributed by atoms with E-state index < -0.39 is 21.6 Å². The lowest BCUT2D eigenvalue weighted by atomic mass is 9.54. The molecule has 2 atom stereocenters. The molecule has 1 aromatic heterocycles. The molecule has 1 fully saturated rings. The molecule has 4 nitrogen and oxygen atoms in total. The van der Waals surface area contributed by atoms with Gasteiger partial charge in [0, 0.05) is 0 Å². The Morgan fingerprint density at radius 3 is 1.59 bits per heavy atom. The summed E-state index contributed by atoms with van der Waals surface area (Å²) >= 11 is 14.7. The number of amides is 2. The summed E-state index contributed by atoms with van der Waals surface area (Å²) in [4.78, 5) is 26.1. The van der Waals surface area contributed by atoms with E-state index in [1.165, 1.54) is 11.2 Å². The average Bonchev–Trinajstić information content (AvgIpc) is 3.34. The third kappa shape index (κ3) is 1.87. The Morgan fingerprint density at radius 2 is 1.21 bits per heavy atom. The highest BCUT2D eigenvalue weighted by Crippen LogP contribution is 2.69. The summed E-state index contributed by atoms with van der Waals surface area (Å²) < 4.78 is 5.38. The van der Waals surface area contributed by atoms with Gasteiger partial charge in [-0.2, -0.15) is 0 Å². The fourth-order valence-corrected chi connectivity index (χ4v) is 6.54. The Morgan fingerprint density at radius 1 is 0.759 bits per heavy atom. The highest BCUT2D eigenvalue weighted by atomic mass is 35.5. The molecule has 1 saturated heterocycles. The quantitative estimate of drug-likeness (QED) is 0.454. The number of hydrogen-bond donors (Lipinski definition) is 0. The van der Waals surface area contributed by atoms with Crippen LogP contribution in [0.5, 0.6) is 0 Å². The highest BCUT2D eigenvalue weighted by molar-refractivity contribution is 6.35. The Bertz CT molecular complexity index is 1060. The Labute approximate surface area is 177 Å². The number of alkyl halides is 2. The van der Waals surface area contributed by atoms with Crippen molar-refractivity contribution in [2.75, 3.05) is 0 Å². The summed E-state index contributed by atoms with van der Waals surface area (Å²) in [6, 6.07) is 18.7. The maximum atomic E-state index is 13.6. The highest BCUT2D eigenvalue weighted by Gasteiger charge is 2.73. The molecular weight excluding hydrogens is 409 g/mol. The van der Waals surface area contributed by atoms with Crippen molar-refractivity contribution >= 4 is 35.0 Å². The fourth-order valence-electron chi connectivity index (χ4n) is 5.44. The van der Waals surface area contributed by atoms with Gasteiger partial charge in [0.1, 0.15) is 15.5 Å². The van der Waals surface area contributed by atoms with Crippen LogP contribution in [-0.4, -0.2) is 16.7 Å². The molecule has 144 valence electrons. The monoisotopic (exact) mass is 423 g/mol. The first-order valence-electron chi connectivity index (χ1n) is 9.44. The van der Waals surface area contributed by atoms with Gasteiger partial charge < -0.3 is 4.42 Å². The summed E-state index contributed by atoms with van der Waals surface area (Å²) in [5.41, 5.74) is 3.21. The summed E-state index contributed by atoms with van der Waals surface area (Å²) in [5.74, 6) is -1.61. The lowest BCUT2D eigenvalue weighted by Crippen LogP contribution is -2.57. The summed E-state index contributed by atoms with van der Waals surface area (Å²) in [7, 11) is 0. The van der Waals surface area contributed by atoms with E-state index in [9.17, 15) is 9.59 Å². The molecule has 2 amide bonds. The van der Waals surface area contributed by atoms with Gasteiger partial charge in [0.15, 0.2) is 0 Å². The average molecular weight is 424 g/mol. The molecule has 0 radical (unpaired) electrons. The van der Waals surface area contributed by atoms with E-state index in [2.05, 4.69) is 0 Å². The summed E-state index contributed by atoms with van der Waals surface area (Å²) in [6.45, 7) is 0.0737. The van der Waals surface area contributed by atoms with Crippen LogP contribution in [0.4, 0.5) is 0 Å². The number of carbonyl (C=O) groups is 2. The first-order chi connectivity index (χ1) is 14.0. The first kappa shape index (κ1) is 17.3. The maximum absolute atomic E-state index is 13.6. The van der Waals surface area contributed by atoms with Crippen molar-refractivity contribution in [3.8, 4) is 0 Å². The molecular formula is C23H15Cl2NO3. The normalized spacial score (nSPS) is 31.6. The number of benzene rings is 2. The van der Waals surface area contributed by atoms with Gasteiger partial charge in [-0.1, -0.05) is 48.5 Å². The predicted molar refractivity (Wildman–Crippen MR) is 107 cm³/mol. The van der Waals surface area contributed by atoms with Crippen LogP contribution in [0.15, 0.2) is 71.3 Å². The van der Waals surface area contributed by atoms with Crippen LogP contribution in [0, 0.1) is 11.8 Å². The minimum Gasteiger partial charge on any atom is -0.467 e. The van der Waals surface area contributed by atoms with Crippen molar-refractivity contribution < 1.29 is 14.0 Å². The van der Waals surface area contributed by atoms with E-state index in [0.29, 0.717) is 5.76 Å². The molecule has 2 bridgehead atoms. The maximum Gasteiger partial charge on any atom is 0.236 e. The topological polar surface area (TPSA) is 50.5 Å². The van der Waals surface area contributed by atoms with E-state index in [1.807, 2.05) is 48.5 Å². The Kier molecular flexibility index (Phi) is 3.30. The molecule has 2 aromatic carbocycles. The van der Waals surface area contributed by atoms with Gasteiger partial charge in [0.25, 0.3) is 0 Å². The first-order valence-corrected chi connectivity index (χ1v) is 10.2. The molecule has 4 aliphatic rings. The molecule has 1 aliphatic heterocycles. The predicted octanol–water partition coefficient (Wildman–Crippen LogP) is 4.37. The van der Waals surface area contributed by atoms with Crippen LogP contribution >= 0.6 is 23.2 Å². The van der Waals surface area contributed by atoms with Gasteiger partial charge in [0.05, 0.1) is 24.6 Å². The molecule has 3 aromatic rings. The van der Waals surface area contributed by atoms with Gasteiger partial charge in [-0.3, -0.25) is 14.5 Å². The number of imide groups is 1. The van der Waals surface area contributed by atoms with Crippen LogP contribution in [0.3, 0.4) is 0 Å². The minimum atomic E-state index is -1.14.